The SMILES string of the molecule is CCCC(=O)N1CCN(c2nnc(C3CCCCC3)s2)CC1. The molecule has 22 heavy (non-hydrogen) atoms. The van der Waals surface area contributed by atoms with Gasteiger partial charge in [0.15, 0.2) is 0 Å². The van der Waals surface area contributed by atoms with Crippen LogP contribution in [0.4, 0.5) is 5.13 Å². The van der Waals surface area contributed by atoms with Gasteiger partial charge >= 0.3 is 0 Å². The number of nitrogens with zero attached hydrogens (tertiary/aromatic N) is 4. The first kappa shape index (κ1) is 15.7. The summed E-state index contributed by atoms with van der Waals surface area (Å²) in [5, 5.41) is 11.1. The number of amides is 1. The van der Waals surface area contributed by atoms with Crippen molar-refractivity contribution in [1.29, 1.82) is 0 Å². The monoisotopic (exact) mass is 322 g/mol. The Balaban J connectivity index is 1.55. The predicted octanol–water partition coefficient (Wildman–Crippen LogP) is 3.03. The number of aromatic nitrogens is 2. The fourth-order valence-corrected chi connectivity index (χ4v) is 4.45. The Labute approximate surface area is 136 Å². The van der Waals surface area contributed by atoms with Gasteiger partial charge in [-0.05, 0) is 19.3 Å². The summed E-state index contributed by atoms with van der Waals surface area (Å²) in [5.41, 5.74) is 0. The Morgan fingerprint density at radius 2 is 1.86 bits per heavy atom. The van der Waals surface area contributed by atoms with Gasteiger partial charge in [-0.25, -0.2) is 0 Å². The molecule has 6 heteroatoms. The van der Waals surface area contributed by atoms with Crippen molar-refractivity contribution >= 4 is 22.4 Å². The maximum Gasteiger partial charge on any atom is 0.222 e. The van der Waals surface area contributed by atoms with Gasteiger partial charge in [0.05, 0.1) is 0 Å². The molecule has 1 aliphatic carbocycles. The maximum absolute atomic E-state index is 11.9. The van der Waals surface area contributed by atoms with Crippen LogP contribution in [-0.4, -0.2) is 47.2 Å². The van der Waals surface area contributed by atoms with E-state index in [0.29, 0.717) is 18.2 Å². The number of carbonyl (C=O) groups is 1. The molecule has 1 saturated carbocycles. The molecule has 2 aliphatic rings. The van der Waals surface area contributed by atoms with Crippen LogP contribution in [0, 0.1) is 0 Å². The second-order valence-corrected chi connectivity index (χ2v) is 7.36. The lowest BCUT2D eigenvalue weighted by atomic mass is 9.90. The van der Waals surface area contributed by atoms with E-state index in [1.807, 2.05) is 4.90 Å². The second-order valence-electron chi connectivity index (χ2n) is 6.38. The highest BCUT2D eigenvalue weighted by atomic mass is 32.1. The van der Waals surface area contributed by atoms with Gasteiger partial charge in [-0.15, -0.1) is 10.2 Å². The molecule has 0 bridgehead atoms. The van der Waals surface area contributed by atoms with Crippen LogP contribution in [-0.2, 0) is 4.79 Å². The average molecular weight is 322 g/mol. The third kappa shape index (κ3) is 3.59. The summed E-state index contributed by atoms with van der Waals surface area (Å²) in [7, 11) is 0. The molecule has 1 aromatic rings. The van der Waals surface area contributed by atoms with Crippen molar-refractivity contribution in [3.63, 3.8) is 0 Å². The number of carbonyl (C=O) groups excluding carboxylic acids is 1. The van der Waals surface area contributed by atoms with Crippen molar-refractivity contribution in [2.45, 2.75) is 57.8 Å². The smallest absolute Gasteiger partial charge is 0.222 e. The minimum atomic E-state index is 0.294. The molecule has 5 nitrogen and oxygen atoms in total. The summed E-state index contributed by atoms with van der Waals surface area (Å²) in [4.78, 5) is 16.2. The number of hydrogen-bond donors (Lipinski definition) is 0. The molecule has 0 atom stereocenters. The summed E-state index contributed by atoms with van der Waals surface area (Å²) >= 11 is 1.77. The van der Waals surface area contributed by atoms with E-state index in [9.17, 15) is 4.79 Å². The lowest BCUT2D eigenvalue weighted by Crippen LogP contribution is -2.48. The third-order valence-corrected chi connectivity index (χ3v) is 5.90. The van der Waals surface area contributed by atoms with Crippen LogP contribution in [0.3, 0.4) is 0 Å². The second kappa shape index (κ2) is 7.40. The minimum Gasteiger partial charge on any atom is -0.343 e. The van der Waals surface area contributed by atoms with E-state index >= 15 is 0 Å². The van der Waals surface area contributed by atoms with Gasteiger partial charge in [-0.1, -0.05) is 37.5 Å². The highest BCUT2D eigenvalue weighted by Crippen LogP contribution is 2.36. The fourth-order valence-electron chi connectivity index (χ4n) is 3.39. The van der Waals surface area contributed by atoms with E-state index in [2.05, 4.69) is 22.0 Å². The van der Waals surface area contributed by atoms with Crippen molar-refractivity contribution in [2.75, 3.05) is 31.1 Å². The van der Waals surface area contributed by atoms with E-state index < -0.39 is 0 Å². The summed E-state index contributed by atoms with van der Waals surface area (Å²) in [6, 6.07) is 0. The molecule has 1 amide bonds. The van der Waals surface area contributed by atoms with Crippen LogP contribution < -0.4 is 4.90 Å². The van der Waals surface area contributed by atoms with Crippen molar-refractivity contribution in [3.05, 3.63) is 5.01 Å². The van der Waals surface area contributed by atoms with Gasteiger partial charge in [0.2, 0.25) is 11.0 Å². The van der Waals surface area contributed by atoms with Gasteiger partial charge < -0.3 is 9.80 Å². The van der Waals surface area contributed by atoms with Crippen LogP contribution in [0.25, 0.3) is 0 Å². The molecule has 0 aromatic carbocycles. The quantitative estimate of drug-likeness (QED) is 0.855. The Bertz CT molecular complexity index is 490. The third-order valence-electron chi connectivity index (χ3n) is 4.75. The molecular formula is C16H26N4OS. The van der Waals surface area contributed by atoms with Crippen LogP contribution in [0.5, 0.6) is 0 Å². The standard InChI is InChI=1S/C16H26N4OS/c1-2-6-14(21)19-9-11-20(12-10-19)16-18-17-15(22-16)13-7-4-3-5-8-13/h13H,2-12H2,1H3. The molecule has 0 unspecified atom stereocenters. The van der Waals surface area contributed by atoms with Gasteiger partial charge in [0, 0.05) is 38.5 Å². The van der Waals surface area contributed by atoms with E-state index in [1.165, 1.54) is 37.1 Å². The highest BCUT2D eigenvalue weighted by Gasteiger charge is 2.25. The number of rotatable bonds is 4. The van der Waals surface area contributed by atoms with Crippen molar-refractivity contribution < 1.29 is 4.79 Å². The minimum absolute atomic E-state index is 0.294. The van der Waals surface area contributed by atoms with Crippen LogP contribution >= 0.6 is 11.3 Å². The van der Waals surface area contributed by atoms with Crippen molar-refractivity contribution in [1.82, 2.24) is 15.1 Å². The lowest BCUT2D eigenvalue weighted by molar-refractivity contribution is -0.131. The molecule has 1 saturated heterocycles. The van der Waals surface area contributed by atoms with E-state index in [0.717, 1.165) is 37.7 Å². The predicted molar refractivity (Wildman–Crippen MR) is 89.4 cm³/mol. The number of piperazine rings is 1. The van der Waals surface area contributed by atoms with E-state index in [1.54, 1.807) is 11.3 Å². The normalized spacial score (nSPS) is 20.4. The lowest BCUT2D eigenvalue weighted by Gasteiger charge is -2.34. The molecule has 0 spiro atoms. The molecule has 2 heterocycles. The molecule has 122 valence electrons. The van der Waals surface area contributed by atoms with E-state index in [-0.39, 0.29) is 0 Å². The first-order chi connectivity index (χ1) is 10.8. The molecule has 1 aliphatic heterocycles. The van der Waals surface area contributed by atoms with Gasteiger partial charge in [0.25, 0.3) is 0 Å². The van der Waals surface area contributed by atoms with Gasteiger partial charge in [-0.2, -0.15) is 0 Å². The molecule has 1 aromatic heterocycles. The Morgan fingerprint density at radius 3 is 2.55 bits per heavy atom. The molecule has 0 N–H and O–H groups in total. The topological polar surface area (TPSA) is 49.3 Å². The first-order valence-electron chi connectivity index (χ1n) is 8.64. The summed E-state index contributed by atoms with van der Waals surface area (Å²) < 4.78 is 0. The van der Waals surface area contributed by atoms with E-state index in [4.69, 9.17) is 0 Å². The van der Waals surface area contributed by atoms with Crippen molar-refractivity contribution in [3.8, 4) is 0 Å². The number of hydrogen-bond acceptors (Lipinski definition) is 5. The molecule has 2 fully saturated rings. The highest BCUT2D eigenvalue weighted by molar-refractivity contribution is 7.15. The largest absolute Gasteiger partial charge is 0.343 e. The molecule has 0 radical (unpaired) electrons. The summed E-state index contributed by atoms with van der Waals surface area (Å²) in [6.45, 7) is 5.46. The summed E-state index contributed by atoms with van der Waals surface area (Å²) in [5.74, 6) is 0.926. The Morgan fingerprint density at radius 1 is 1.14 bits per heavy atom. The van der Waals surface area contributed by atoms with Crippen LogP contribution in [0.1, 0.15) is 62.8 Å². The Hall–Kier alpha value is -1.17. The van der Waals surface area contributed by atoms with Crippen LogP contribution in [0.2, 0.25) is 0 Å². The zero-order valence-electron chi connectivity index (χ0n) is 13.5. The zero-order chi connectivity index (χ0) is 15.4. The maximum atomic E-state index is 11.9. The Kier molecular flexibility index (Phi) is 5.28. The fraction of sp³-hybridized carbons (Fsp3) is 0.812. The average Bonchev–Trinajstić information content (AvgIpc) is 3.06. The first-order valence-corrected chi connectivity index (χ1v) is 9.45. The summed E-state index contributed by atoms with van der Waals surface area (Å²) in [6.07, 6.45) is 8.18. The van der Waals surface area contributed by atoms with Gasteiger partial charge in [0.1, 0.15) is 5.01 Å². The molecular weight excluding hydrogens is 296 g/mol. The zero-order valence-corrected chi connectivity index (χ0v) is 14.3. The van der Waals surface area contributed by atoms with Crippen molar-refractivity contribution in [2.24, 2.45) is 0 Å². The van der Waals surface area contributed by atoms with Gasteiger partial charge in [-0.3, -0.25) is 4.79 Å². The number of anilines is 1. The van der Waals surface area contributed by atoms with Crippen LogP contribution in [0.15, 0.2) is 0 Å². The molecule has 3 rings (SSSR count).